The van der Waals surface area contributed by atoms with Crippen molar-refractivity contribution >= 4 is 65.4 Å². The molecule has 0 saturated carbocycles. The van der Waals surface area contributed by atoms with Gasteiger partial charge in [0.05, 0.1) is 0 Å². The smallest absolute Gasteiger partial charge is 0.143 e. The summed E-state index contributed by atoms with van der Waals surface area (Å²) in [5.41, 5.74) is 6.49. The van der Waals surface area contributed by atoms with Crippen LogP contribution in [0.15, 0.2) is 81.6 Å². The molecular formula is C34H30O2. The average molecular weight is 471 g/mol. The van der Waals surface area contributed by atoms with E-state index in [9.17, 15) is 0 Å². The molecule has 0 fully saturated rings. The molecule has 2 aromatic heterocycles. The SMILES string of the molecule is CCC(C)c1ccc2c(ccc3c4cc5oc6c7ccc(C(C)CC)cc7ccc6c5cc4oc23)c1. The van der Waals surface area contributed by atoms with Gasteiger partial charge in [-0.15, -0.1) is 0 Å². The lowest BCUT2D eigenvalue weighted by molar-refractivity contribution is 0.667. The second kappa shape index (κ2) is 7.86. The van der Waals surface area contributed by atoms with Crippen molar-refractivity contribution in [2.24, 2.45) is 0 Å². The molecule has 0 radical (unpaired) electrons. The van der Waals surface area contributed by atoms with E-state index in [0.717, 1.165) is 56.7 Å². The summed E-state index contributed by atoms with van der Waals surface area (Å²) >= 11 is 0. The Hall–Kier alpha value is -3.78. The number of furan rings is 2. The van der Waals surface area contributed by atoms with Crippen LogP contribution in [0.4, 0.5) is 0 Å². The molecule has 0 amide bonds. The number of hydrogen-bond acceptors (Lipinski definition) is 2. The maximum absolute atomic E-state index is 6.52. The first-order valence-electron chi connectivity index (χ1n) is 13.2. The fourth-order valence-electron chi connectivity index (χ4n) is 5.74. The lowest BCUT2D eigenvalue weighted by atomic mass is 9.95. The third-order valence-corrected chi connectivity index (χ3v) is 8.44. The second-order valence-corrected chi connectivity index (χ2v) is 10.5. The fraction of sp³-hybridized carbons (Fsp3) is 0.235. The monoisotopic (exact) mass is 470 g/mol. The van der Waals surface area contributed by atoms with E-state index < -0.39 is 0 Å². The van der Waals surface area contributed by atoms with Crippen LogP contribution in [0.2, 0.25) is 0 Å². The maximum atomic E-state index is 6.52. The minimum absolute atomic E-state index is 0.554. The maximum Gasteiger partial charge on any atom is 0.143 e. The van der Waals surface area contributed by atoms with Crippen molar-refractivity contribution < 1.29 is 8.83 Å². The molecule has 0 N–H and O–H groups in total. The summed E-state index contributed by atoms with van der Waals surface area (Å²) in [5, 5.41) is 9.29. The van der Waals surface area contributed by atoms with E-state index in [1.54, 1.807) is 0 Å². The zero-order chi connectivity index (χ0) is 24.6. The largest absolute Gasteiger partial charge is 0.455 e. The Balaban J connectivity index is 1.45. The zero-order valence-electron chi connectivity index (χ0n) is 21.3. The van der Waals surface area contributed by atoms with Crippen LogP contribution >= 0.6 is 0 Å². The average Bonchev–Trinajstić information content (AvgIpc) is 3.47. The molecule has 7 aromatic rings. The topological polar surface area (TPSA) is 26.3 Å². The van der Waals surface area contributed by atoms with E-state index in [1.165, 1.54) is 32.7 Å². The molecule has 5 aromatic carbocycles. The molecule has 2 heterocycles. The molecule has 0 bridgehead atoms. The van der Waals surface area contributed by atoms with Crippen LogP contribution in [0, 0.1) is 0 Å². The van der Waals surface area contributed by atoms with Crippen LogP contribution in [-0.2, 0) is 0 Å². The zero-order valence-corrected chi connectivity index (χ0v) is 21.3. The van der Waals surface area contributed by atoms with Gasteiger partial charge in [-0.2, -0.15) is 0 Å². The predicted molar refractivity (Wildman–Crippen MR) is 153 cm³/mol. The van der Waals surface area contributed by atoms with Crippen LogP contribution in [-0.4, -0.2) is 0 Å². The summed E-state index contributed by atoms with van der Waals surface area (Å²) in [6, 6.07) is 26.7. The van der Waals surface area contributed by atoms with Crippen LogP contribution in [0.25, 0.3) is 65.4 Å². The first kappa shape index (κ1) is 21.5. The number of rotatable bonds is 4. The lowest BCUT2D eigenvalue weighted by Gasteiger charge is -2.10. The Morgan fingerprint density at radius 2 is 0.917 bits per heavy atom. The van der Waals surface area contributed by atoms with Gasteiger partial charge < -0.3 is 8.83 Å². The van der Waals surface area contributed by atoms with Crippen LogP contribution < -0.4 is 0 Å². The molecule has 0 aliphatic carbocycles. The van der Waals surface area contributed by atoms with Gasteiger partial charge in [0.1, 0.15) is 22.3 Å². The first-order valence-corrected chi connectivity index (χ1v) is 13.2. The van der Waals surface area contributed by atoms with E-state index in [0.29, 0.717) is 11.8 Å². The van der Waals surface area contributed by atoms with Gasteiger partial charge in [-0.3, -0.25) is 0 Å². The summed E-state index contributed by atoms with van der Waals surface area (Å²) in [5.74, 6) is 1.11. The normalized spacial score (nSPS) is 14.1. The molecule has 0 aliphatic heterocycles. The third-order valence-electron chi connectivity index (χ3n) is 8.44. The summed E-state index contributed by atoms with van der Waals surface area (Å²) in [6.45, 7) is 9.05. The van der Waals surface area contributed by atoms with Gasteiger partial charge in [0.25, 0.3) is 0 Å². The molecule has 0 aliphatic rings. The standard InChI is InChI=1S/C34H30O2/c1-5-19(3)21-7-11-25-23(15-21)9-13-27-29-17-32-30(18-31(29)35-33(25)27)28-14-10-24-16-22(20(4)6-2)8-12-26(24)34(28)36-32/h7-20H,5-6H2,1-4H3. The van der Waals surface area contributed by atoms with Crippen molar-refractivity contribution in [3.63, 3.8) is 0 Å². The molecular weight excluding hydrogens is 440 g/mol. The first-order chi connectivity index (χ1) is 17.6. The fourth-order valence-corrected chi connectivity index (χ4v) is 5.74. The van der Waals surface area contributed by atoms with Crippen LogP contribution in [0.1, 0.15) is 63.5 Å². The van der Waals surface area contributed by atoms with Crippen molar-refractivity contribution in [3.8, 4) is 0 Å². The number of benzene rings is 5. The molecule has 2 unspecified atom stereocenters. The Kier molecular flexibility index (Phi) is 4.70. The molecule has 36 heavy (non-hydrogen) atoms. The van der Waals surface area contributed by atoms with Gasteiger partial charge in [0, 0.05) is 32.3 Å². The third kappa shape index (κ3) is 3.03. The highest BCUT2D eigenvalue weighted by Gasteiger charge is 2.17. The summed E-state index contributed by atoms with van der Waals surface area (Å²) in [7, 11) is 0. The van der Waals surface area contributed by atoms with Crippen molar-refractivity contribution in [2.45, 2.75) is 52.4 Å². The van der Waals surface area contributed by atoms with E-state index in [4.69, 9.17) is 8.83 Å². The molecule has 2 nitrogen and oxygen atoms in total. The number of fused-ring (bicyclic) bond motifs is 10. The molecule has 7 rings (SSSR count). The highest BCUT2D eigenvalue weighted by molar-refractivity contribution is 6.21. The minimum atomic E-state index is 0.554. The minimum Gasteiger partial charge on any atom is -0.455 e. The summed E-state index contributed by atoms with van der Waals surface area (Å²) in [6.07, 6.45) is 2.28. The Morgan fingerprint density at radius 1 is 0.500 bits per heavy atom. The van der Waals surface area contributed by atoms with Gasteiger partial charge in [-0.25, -0.2) is 0 Å². The van der Waals surface area contributed by atoms with Gasteiger partial charge in [0.2, 0.25) is 0 Å². The Morgan fingerprint density at radius 3 is 1.33 bits per heavy atom. The lowest BCUT2D eigenvalue weighted by Crippen LogP contribution is -1.90. The van der Waals surface area contributed by atoms with E-state index >= 15 is 0 Å². The van der Waals surface area contributed by atoms with E-state index in [1.807, 2.05) is 0 Å². The van der Waals surface area contributed by atoms with Crippen molar-refractivity contribution in [3.05, 3.63) is 83.9 Å². The van der Waals surface area contributed by atoms with Gasteiger partial charge in [-0.1, -0.05) is 76.2 Å². The molecule has 2 atom stereocenters. The van der Waals surface area contributed by atoms with Crippen molar-refractivity contribution in [1.82, 2.24) is 0 Å². The molecule has 178 valence electrons. The Bertz CT molecular complexity index is 1810. The summed E-state index contributed by atoms with van der Waals surface area (Å²) in [4.78, 5) is 0. The highest BCUT2D eigenvalue weighted by atomic mass is 16.3. The van der Waals surface area contributed by atoms with E-state index in [-0.39, 0.29) is 0 Å². The molecule has 0 saturated heterocycles. The van der Waals surface area contributed by atoms with Crippen LogP contribution in [0.3, 0.4) is 0 Å². The van der Waals surface area contributed by atoms with Crippen molar-refractivity contribution in [1.29, 1.82) is 0 Å². The molecule has 2 heteroatoms. The Labute approximate surface area is 210 Å². The predicted octanol–water partition coefficient (Wildman–Crippen LogP) is 10.8. The second-order valence-electron chi connectivity index (χ2n) is 10.5. The number of hydrogen-bond donors (Lipinski definition) is 0. The quantitative estimate of drug-likeness (QED) is 0.256. The van der Waals surface area contributed by atoms with Gasteiger partial charge in [0.15, 0.2) is 0 Å². The van der Waals surface area contributed by atoms with Crippen LogP contribution in [0.5, 0.6) is 0 Å². The van der Waals surface area contributed by atoms with Gasteiger partial charge in [-0.05, 0) is 70.8 Å². The molecule has 0 spiro atoms. The van der Waals surface area contributed by atoms with E-state index in [2.05, 4.69) is 100 Å². The summed E-state index contributed by atoms with van der Waals surface area (Å²) < 4.78 is 13.0. The highest BCUT2D eigenvalue weighted by Crippen LogP contribution is 2.41. The van der Waals surface area contributed by atoms with Crippen molar-refractivity contribution in [2.75, 3.05) is 0 Å². The van der Waals surface area contributed by atoms with Gasteiger partial charge >= 0.3 is 0 Å².